The van der Waals surface area contributed by atoms with Gasteiger partial charge in [-0.05, 0) is 43.5 Å². The third kappa shape index (κ3) is 4.24. The van der Waals surface area contributed by atoms with E-state index in [1.807, 2.05) is 0 Å². The molecule has 1 fully saturated rings. The maximum absolute atomic E-state index is 13.7. The molecule has 0 saturated carbocycles. The van der Waals surface area contributed by atoms with Crippen LogP contribution in [-0.4, -0.2) is 36.5 Å². The lowest BCUT2D eigenvalue weighted by molar-refractivity contribution is 0.0667. The molecular formula is C16H22F2N2O. The summed E-state index contributed by atoms with van der Waals surface area (Å²) in [5.74, 6) is -1.30. The molecule has 1 heterocycles. The zero-order chi connectivity index (χ0) is 15.4. The zero-order valence-electron chi connectivity index (χ0n) is 12.5. The summed E-state index contributed by atoms with van der Waals surface area (Å²) >= 11 is 0. The summed E-state index contributed by atoms with van der Waals surface area (Å²) in [6.07, 6.45) is 1.95. The van der Waals surface area contributed by atoms with E-state index in [0.29, 0.717) is 25.0 Å². The molecule has 0 spiro atoms. The number of hydrogen-bond donors (Lipinski definition) is 1. The number of halogens is 2. The third-order valence-electron chi connectivity index (χ3n) is 3.78. The fourth-order valence-electron chi connectivity index (χ4n) is 2.65. The summed E-state index contributed by atoms with van der Waals surface area (Å²) in [6.45, 7) is 6.19. The number of benzene rings is 1. The van der Waals surface area contributed by atoms with E-state index in [0.717, 1.165) is 37.6 Å². The monoisotopic (exact) mass is 296 g/mol. The van der Waals surface area contributed by atoms with Crippen LogP contribution in [0.3, 0.4) is 0 Å². The van der Waals surface area contributed by atoms with Gasteiger partial charge >= 0.3 is 0 Å². The molecule has 1 saturated heterocycles. The number of likely N-dealkylation sites (tertiary alicyclic amines) is 1. The molecule has 5 heteroatoms. The minimum atomic E-state index is -0.663. The second-order valence-electron chi connectivity index (χ2n) is 5.95. The van der Waals surface area contributed by atoms with Gasteiger partial charge in [-0.1, -0.05) is 13.8 Å². The van der Waals surface area contributed by atoms with Crippen molar-refractivity contribution >= 4 is 5.91 Å². The Kier molecular flexibility index (Phi) is 5.28. The normalized spacial score (nSPS) is 19.1. The molecule has 1 N–H and O–H groups in total. The standard InChI is InChI=1S/C16H22F2N2O/c1-11(2)19-9-12-4-3-7-20(10-12)16(21)14-8-13(17)5-6-15(14)18/h5-6,8,11-12,19H,3-4,7,9-10H2,1-2H3. The summed E-state index contributed by atoms with van der Waals surface area (Å²) < 4.78 is 26.9. The van der Waals surface area contributed by atoms with Crippen LogP contribution >= 0.6 is 0 Å². The van der Waals surface area contributed by atoms with E-state index in [2.05, 4.69) is 19.2 Å². The van der Waals surface area contributed by atoms with Crippen LogP contribution in [0.15, 0.2) is 18.2 Å². The third-order valence-corrected chi connectivity index (χ3v) is 3.78. The van der Waals surface area contributed by atoms with Crippen LogP contribution in [0, 0.1) is 17.6 Å². The van der Waals surface area contributed by atoms with Crippen molar-refractivity contribution < 1.29 is 13.6 Å². The van der Waals surface area contributed by atoms with Gasteiger partial charge in [-0.15, -0.1) is 0 Å². The fourth-order valence-corrected chi connectivity index (χ4v) is 2.65. The molecule has 1 aromatic rings. The molecule has 1 unspecified atom stereocenters. The van der Waals surface area contributed by atoms with Crippen molar-refractivity contribution in [2.75, 3.05) is 19.6 Å². The lowest BCUT2D eigenvalue weighted by atomic mass is 9.97. The topological polar surface area (TPSA) is 32.3 Å². The van der Waals surface area contributed by atoms with Crippen molar-refractivity contribution in [3.63, 3.8) is 0 Å². The van der Waals surface area contributed by atoms with Gasteiger partial charge in [0.1, 0.15) is 11.6 Å². The summed E-state index contributed by atoms with van der Waals surface area (Å²) in [7, 11) is 0. The first-order valence-electron chi connectivity index (χ1n) is 7.45. The number of carbonyl (C=O) groups is 1. The van der Waals surface area contributed by atoms with Gasteiger partial charge in [-0.25, -0.2) is 8.78 Å². The van der Waals surface area contributed by atoms with Gasteiger partial charge in [0.25, 0.3) is 5.91 Å². The van der Waals surface area contributed by atoms with E-state index in [-0.39, 0.29) is 5.56 Å². The summed E-state index contributed by atoms with van der Waals surface area (Å²) in [6, 6.07) is 3.41. The Morgan fingerprint density at radius 3 is 2.90 bits per heavy atom. The molecule has 1 atom stereocenters. The first kappa shape index (κ1) is 15.9. The average molecular weight is 296 g/mol. The highest BCUT2D eigenvalue weighted by molar-refractivity contribution is 5.94. The second-order valence-corrected chi connectivity index (χ2v) is 5.95. The van der Waals surface area contributed by atoms with E-state index in [4.69, 9.17) is 0 Å². The second kappa shape index (κ2) is 6.98. The SMILES string of the molecule is CC(C)NCC1CCCN(C(=O)c2cc(F)ccc2F)C1. The predicted octanol–water partition coefficient (Wildman–Crippen LogP) is 2.82. The van der Waals surface area contributed by atoms with E-state index >= 15 is 0 Å². The summed E-state index contributed by atoms with van der Waals surface area (Å²) in [4.78, 5) is 14.0. The zero-order valence-corrected chi connectivity index (χ0v) is 12.5. The Labute approximate surface area is 124 Å². The van der Waals surface area contributed by atoms with Crippen LogP contribution in [0.5, 0.6) is 0 Å². The Morgan fingerprint density at radius 2 is 2.19 bits per heavy atom. The minimum absolute atomic E-state index is 0.174. The number of amides is 1. The Morgan fingerprint density at radius 1 is 1.43 bits per heavy atom. The lowest BCUT2D eigenvalue weighted by Gasteiger charge is -2.33. The number of hydrogen-bond acceptors (Lipinski definition) is 2. The van der Waals surface area contributed by atoms with E-state index in [1.54, 1.807) is 4.90 Å². The number of rotatable bonds is 4. The van der Waals surface area contributed by atoms with Crippen molar-refractivity contribution in [3.8, 4) is 0 Å². The van der Waals surface area contributed by atoms with Crippen LogP contribution in [0.1, 0.15) is 37.0 Å². The van der Waals surface area contributed by atoms with Crippen LogP contribution in [0.25, 0.3) is 0 Å². The minimum Gasteiger partial charge on any atom is -0.338 e. The molecule has 3 nitrogen and oxygen atoms in total. The maximum Gasteiger partial charge on any atom is 0.256 e. The van der Waals surface area contributed by atoms with Gasteiger partial charge in [0, 0.05) is 19.1 Å². The molecule has 2 rings (SSSR count). The van der Waals surface area contributed by atoms with Gasteiger partial charge in [0.05, 0.1) is 5.56 Å². The van der Waals surface area contributed by atoms with Crippen LogP contribution in [-0.2, 0) is 0 Å². The molecule has 0 aromatic heterocycles. The molecule has 0 radical (unpaired) electrons. The number of piperidine rings is 1. The first-order chi connectivity index (χ1) is 9.97. The fraction of sp³-hybridized carbons (Fsp3) is 0.562. The van der Waals surface area contributed by atoms with E-state index in [1.165, 1.54) is 0 Å². The molecule has 0 bridgehead atoms. The van der Waals surface area contributed by atoms with Gasteiger partial charge in [0.15, 0.2) is 0 Å². The number of carbonyl (C=O) groups excluding carboxylic acids is 1. The Hall–Kier alpha value is -1.49. The number of nitrogens with one attached hydrogen (secondary N) is 1. The quantitative estimate of drug-likeness (QED) is 0.926. The van der Waals surface area contributed by atoms with Crippen LogP contribution < -0.4 is 5.32 Å². The molecule has 1 aliphatic rings. The molecular weight excluding hydrogens is 274 g/mol. The molecule has 1 aliphatic heterocycles. The predicted molar refractivity (Wildman–Crippen MR) is 78.1 cm³/mol. The Balaban J connectivity index is 2.03. The van der Waals surface area contributed by atoms with Crippen molar-refractivity contribution in [2.24, 2.45) is 5.92 Å². The highest BCUT2D eigenvalue weighted by Crippen LogP contribution is 2.20. The van der Waals surface area contributed by atoms with Gasteiger partial charge in [0.2, 0.25) is 0 Å². The summed E-state index contributed by atoms with van der Waals surface area (Å²) in [5.41, 5.74) is -0.174. The molecule has 0 aliphatic carbocycles. The molecule has 21 heavy (non-hydrogen) atoms. The largest absolute Gasteiger partial charge is 0.338 e. The lowest BCUT2D eigenvalue weighted by Crippen LogP contribution is -2.44. The molecule has 116 valence electrons. The number of nitrogens with zero attached hydrogens (tertiary/aromatic N) is 1. The van der Waals surface area contributed by atoms with E-state index in [9.17, 15) is 13.6 Å². The van der Waals surface area contributed by atoms with Crippen molar-refractivity contribution in [1.29, 1.82) is 0 Å². The first-order valence-corrected chi connectivity index (χ1v) is 7.45. The average Bonchev–Trinajstić information content (AvgIpc) is 2.47. The van der Waals surface area contributed by atoms with E-state index < -0.39 is 17.5 Å². The highest BCUT2D eigenvalue weighted by atomic mass is 19.1. The van der Waals surface area contributed by atoms with Gasteiger partial charge < -0.3 is 10.2 Å². The van der Waals surface area contributed by atoms with Crippen molar-refractivity contribution in [2.45, 2.75) is 32.7 Å². The highest BCUT2D eigenvalue weighted by Gasteiger charge is 2.26. The van der Waals surface area contributed by atoms with Gasteiger partial charge in [-0.3, -0.25) is 4.79 Å². The summed E-state index contributed by atoms with van der Waals surface area (Å²) in [5, 5.41) is 3.36. The molecule has 1 aromatic carbocycles. The van der Waals surface area contributed by atoms with Gasteiger partial charge in [-0.2, -0.15) is 0 Å². The van der Waals surface area contributed by atoms with Crippen molar-refractivity contribution in [1.82, 2.24) is 10.2 Å². The Bertz CT molecular complexity index is 505. The smallest absolute Gasteiger partial charge is 0.256 e. The van der Waals surface area contributed by atoms with Crippen LogP contribution in [0.2, 0.25) is 0 Å². The van der Waals surface area contributed by atoms with Crippen LogP contribution in [0.4, 0.5) is 8.78 Å². The van der Waals surface area contributed by atoms with Crippen molar-refractivity contribution in [3.05, 3.63) is 35.4 Å². The maximum atomic E-state index is 13.7. The molecule has 1 amide bonds.